The Hall–Kier alpha value is -0.830. The molecule has 0 aliphatic rings. The first-order chi connectivity index (χ1) is 8.42. The molecule has 0 rings (SSSR count). The maximum Gasteiger partial charge on any atom is 0.329 e. The zero-order chi connectivity index (χ0) is 14.1. The Bertz CT molecular complexity index is 275. The summed E-state index contributed by atoms with van der Waals surface area (Å²) in [4.78, 5) is 22.2. The monoisotopic (exact) mass is 281 g/mol. The van der Waals surface area contributed by atoms with E-state index < -0.39 is 30.8 Å². The summed E-state index contributed by atoms with van der Waals surface area (Å²) in [6.07, 6.45) is -2.30. The zero-order valence-electron chi connectivity index (χ0n) is 10.3. The fraction of sp³-hybridized carbons (Fsp3) is 0.800. The predicted molar refractivity (Wildman–Crippen MR) is 66.0 cm³/mol. The van der Waals surface area contributed by atoms with E-state index in [0.717, 1.165) is 11.8 Å². The molecule has 0 aliphatic heterocycles. The summed E-state index contributed by atoms with van der Waals surface area (Å²) >= 11 is 1.16. The Labute approximate surface area is 110 Å². The topological polar surface area (TPSA) is 116 Å². The Morgan fingerprint density at radius 2 is 1.89 bits per heavy atom. The fourth-order valence-corrected chi connectivity index (χ4v) is 2.15. The number of hydrogen-bond acceptors (Lipinski definition) is 7. The molecule has 7 nitrogen and oxygen atoms in total. The van der Waals surface area contributed by atoms with Crippen LogP contribution in [-0.2, 0) is 14.3 Å². The van der Waals surface area contributed by atoms with E-state index in [-0.39, 0.29) is 17.4 Å². The normalized spacial score (nSPS) is 15.6. The number of aliphatic hydroxyl groups is 3. The molecule has 8 heteroatoms. The Morgan fingerprint density at radius 3 is 2.33 bits per heavy atom. The molecule has 4 N–H and O–H groups in total. The highest BCUT2D eigenvalue weighted by Gasteiger charge is 2.21. The van der Waals surface area contributed by atoms with Gasteiger partial charge in [-0.3, -0.25) is 4.79 Å². The average Bonchev–Trinajstić information content (AvgIpc) is 2.34. The van der Waals surface area contributed by atoms with Crippen molar-refractivity contribution in [2.75, 3.05) is 25.2 Å². The van der Waals surface area contributed by atoms with E-state index in [0.29, 0.717) is 0 Å². The van der Waals surface area contributed by atoms with Crippen molar-refractivity contribution in [3.8, 4) is 0 Å². The third-order valence-electron chi connectivity index (χ3n) is 2.07. The standard InChI is InChI=1S/C10H19NO6S/c1-6(13)11-7(10(16)17-2)4-18-5-9(15)8(14)3-12/h7-9,12,14-15H,3-5H2,1-2H3,(H,11,13)/t7-,8+,9+/m0/s1. The molecule has 0 radical (unpaired) electrons. The third-order valence-corrected chi connectivity index (χ3v) is 3.21. The number of rotatable bonds is 8. The molecule has 0 spiro atoms. The van der Waals surface area contributed by atoms with Crippen LogP contribution in [0.4, 0.5) is 0 Å². The van der Waals surface area contributed by atoms with Gasteiger partial charge >= 0.3 is 5.97 Å². The molecule has 106 valence electrons. The first-order valence-electron chi connectivity index (χ1n) is 5.32. The lowest BCUT2D eigenvalue weighted by Gasteiger charge is -2.18. The van der Waals surface area contributed by atoms with E-state index in [9.17, 15) is 14.7 Å². The van der Waals surface area contributed by atoms with Gasteiger partial charge in [0, 0.05) is 18.4 Å². The predicted octanol–water partition coefficient (Wildman–Crippen LogP) is -1.89. The summed E-state index contributed by atoms with van der Waals surface area (Å²) in [5.74, 6) is -0.590. The van der Waals surface area contributed by atoms with Crippen LogP contribution in [0.2, 0.25) is 0 Å². The van der Waals surface area contributed by atoms with Crippen LogP contribution in [0.5, 0.6) is 0 Å². The summed E-state index contributed by atoms with van der Waals surface area (Å²) in [5.41, 5.74) is 0. The van der Waals surface area contributed by atoms with Gasteiger partial charge in [-0.2, -0.15) is 11.8 Å². The molecule has 0 bridgehead atoms. The molecular formula is C10H19NO6S. The van der Waals surface area contributed by atoms with Crippen LogP contribution in [0.1, 0.15) is 6.92 Å². The van der Waals surface area contributed by atoms with Crippen LogP contribution in [0, 0.1) is 0 Å². The highest BCUT2D eigenvalue weighted by molar-refractivity contribution is 7.99. The van der Waals surface area contributed by atoms with Gasteiger partial charge in [-0.25, -0.2) is 4.79 Å². The number of methoxy groups -OCH3 is 1. The van der Waals surface area contributed by atoms with E-state index in [1.807, 2.05) is 0 Å². The van der Waals surface area contributed by atoms with Crippen molar-refractivity contribution in [3.05, 3.63) is 0 Å². The minimum Gasteiger partial charge on any atom is -0.467 e. The van der Waals surface area contributed by atoms with Crippen LogP contribution in [0.3, 0.4) is 0 Å². The van der Waals surface area contributed by atoms with Gasteiger partial charge in [-0.1, -0.05) is 0 Å². The molecule has 0 aromatic heterocycles. The molecule has 0 saturated heterocycles. The summed E-state index contributed by atoms with van der Waals surface area (Å²) in [6, 6.07) is -0.795. The van der Waals surface area contributed by atoms with Gasteiger partial charge < -0.3 is 25.4 Å². The van der Waals surface area contributed by atoms with Crippen molar-refractivity contribution in [1.29, 1.82) is 0 Å². The van der Waals surface area contributed by atoms with Crippen molar-refractivity contribution < 1.29 is 29.6 Å². The number of thioether (sulfide) groups is 1. The van der Waals surface area contributed by atoms with Crippen molar-refractivity contribution >= 4 is 23.6 Å². The minimum absolute atomic E-state index is 0.134. The number of aliphatic hydroxyl groups excluding tert-OH is 3. The van der Waals surface area contributed by atoms with Gasteiger partial charge in [-0.15, -0.1) is 0 Å². The van der Waals surface area contributed by atoms with Crippen LogP contribution < -0.4 is 5.32 Å². The van der Waals surface area contributed by atoms with Crippen molar-refractivity contribution in [2.45, 2.75) is 25.2 Å². The largest absolute Gasteiger partial charge is 0.467 e. The molecule has 1 amide bonds. The second kappa shape index (κ2) is 9.15. The highest BCUT2D eigenvalue weighted by Crippen LogP contribution is 2.09. The van der Waals surface area contributed by atoms with Gasteiger partial charge in [0.15, 0.2) is 0 Å². The van der Waals surface area contributed by atoms with Crippen molar-refractivity contribution in [3.63, 3.8) is 0 Å². The van der Waals surface area contributed by atoms with Crippen LogP contribution in [-0.4, -0.2) is 70.7 Å². The van der Waals surface area contributed by atoms with Gasteiger partial charge in [0.05, 0.1) is 19.8 Å². The first kappa shape index (κ1) is 17.2. The van der Waals surface area contributed by atoms with E-state index in [1.165, 1.54) is 14.0 Å². The minimum atomic E-state index is -1.21. The van der Waals surface area contributed by atoms with Crippen LogP contribution in [0.15, 0.2) is 0 Å². The number of carbonyl (C=O) groups excluding carboxylic acids is 2. The molecule has 18 heavy (non-hydrogen) atoms. The van der Waals surface area contributed by atoms with Gasteiger partial charge in [-0.05, 0) is 0 Å². The summed E-state index contributed by atoms with van der Waals surface area (Å²) in [5, 5.41) is 29.5. The number of carbonyl (C=O) groups is 2. The average molecular weight is 281 g/mol. The third kappa shape index (κ3) is 6.80. The first-order valence-corrected chi connectivity index (χ1v) is 6.47. The Kier molecular flexibility index (Phi) is 8.73. The number of esters is 1. The van der Waals surface area contributed by atoms with E-state index in [1.54, 1.807) is 0 Å². The van der Waals surface area contributed by atoms with Gasteiger partial charge in [0.25, 0.3) is 0 Å². The number of nitrogens with one attached hydrogen (secondary N) is 1. The van der Waals surface area contributed by atoms with Gasteiger partial charge in [0.1, 0.15) is 12.1 Å². The van der Waals surface area contributed by atoms with Crippen molar-refractivity contribution in [1.82, 2.24) is 5.32 Å². The maximum atomic E-state index is 11.3. The lowest BCUT2D eigenvalue weighted by atomic mass is 10.2. The molecule has 0 heterocycles. The quantitative estimate of drug-likeness (QED) is 0.384. The number of hydrogen-bond donors (Lipinski definition) is 4. The van der Waals surface area contributed by atoms with Gasteiger partial charge in [0.2, 0.25) is 5.91 Å². The second-order valence-electron chi connectivity index (χ2n) is 3.63. The molecule has 0 saturated carbocycles. The number of ether oxygens (including phenoxy) is 1. The lowest BCUT2D eigenvalue weighted by Crippen LogP contribution is -2.42. The summed E-state index contributed by atoms with van der Waals surface area (Å²) < 4.78 is 4.52. The number of amides is 1. The maximum absolute atomic E-state index is 11.3. The zero-order valence-corrected chi connectivity index (χ0v) is 11.1. The lowest BCUT2D eigenvalue weighted by molar-refractivity contribution is -0.144. The van der Waals surface area contributed by atoms with E-state index in [2.05, 4.69) is 10.1 Å². The van der Waals surface area contributed by atoms with Crippen LogP contribution in [0.25, 0.3) is 0 Å². The Balaban J connectivity index is 4.11. The summed E-state index contributed by atoms with van der Waals surface area (Å²) in [6.45, 7) is 0.749. The molecule has 0 aromatic carbocycles. The van der Waals surface area contributed by atoms with E-state index >= 15 is 0 Å². The fourth-order valence-electron chi connectivity index (χ4n) is 1.10. The highest BCUT2D eigenvalue weighted by atomic mass is 32.2. The smallest absolute Gasteiger partial charge is 0.329 e. The SMILES string of the molecule is COC(=O)[C@H](CSC[C@@H](O)[C@H](O)CO)NC(C)=O. The molecule has 3 atom stereocenters. The Morgan fingerprint density at radius 1 is 1.28 bits per heavy atom. The summed E-state index contributed by atoms with van der Waals surface area (Å²) in [7, 11) is 1.21. The van der Waals surface area contributed by atoms with Crippen molar-refractivity contribution in [2.24, 2.45) is 0 Å². The molecule has 0 aromatic rings. The molecule has 0 fully saturated rings. The molecule has 0 aliphatic carbocycles. The molecule has 0 unspecified atom stereocenters. The molecular weight excluding hydrogens is 262 g/mol. The second-order valence-corrected chi connectivity index (χ2v) is 4.71. The van der Waals surface area contributed by atoms with Crippen LogP contribution >= 0.6 is 11.8 Å². The van der Waals surface area contributed by atoms with E-state index in [4.69, 9.17) is 10.2 Å².